The average molecular weight is 457 g/mol. The normalized spacial score (nSPS) is 16.8. The molecular weight excluding hydrogens is 436 g/mol. The second-order valence-electron chi connectivity index (χ2n) is 7.25. The van der Waals surface area contributed by atoms with E-state index in [1.54, 1.807) is 37.3 Å². The number of benzene rings is 2. The minimum Gasteiger partial charge on any atom is -0.493 e. The summed E-state index contributed by atoms with van der Waals surface area (Å²) in [6.45, 7) is 1.89. The van der Waals surface area contributed by atoms with Crippen molar-refractivity contribution in [1.29, 1.82) is 0 Å². The van der Waals surface area contributed by atoms with Gasteiger partial charge in [-0.15, -0.1) is 0 Å². The Morgan fingerprint density at radius 1 is 1.09 bits per heavy atom. The summed E-state index contributed by atoms with van der Waals surface area (Å²) in [6, 6.07) is 14.2. The van der Waals surface area contributed by atoms with E-state index in [0.29, 0.717) is 33.6 Å². The van der Waals surface area contributed by atoms with E-state index < -0.39 is 23.6 Å². The monoisotopic (exact) mass is 456 g/mol. The predicted octanol–water partition coefficient (Wildman–Crippen LogP) is 4.26. The summed E-state index contributed by atoms with van der Waals surface area (Å²) >= 11 is 6.20. The van der Waals surface area contributed by atoms with E-state index in [9.17, 15) is 9.59 Å². The average Bonchev–Trinajstić information content (AvgIpc) is 3.17. The summed E-state index contributed by atoms with van der Waals surface area (Å²) < 4.78 is 27.4. The van der Waals surface area contributed by atoms with Crippen LogP contribution in [0.5, 0.6) is 17.2 Å². The van der Waals surface area contributed by atoms with Crippen molar-refractivity contribution in [3.63, 3.8) is 0 Å². The van der Waals surface area contributed by atoms with Gasteiger partial charge in [-0.05, 0) is 30.7 Å². The summed E-state index contributed by atoms with van der Waals surface area (Å²) in [6.07, 6.45) is -1.03. The number of aryl methyl sites for hydroxylation is 1. The zero-order valence-corrected chi connectivity index (χ0v) is 18.5. The SMILES string of the molecule is COC(=O)[C@H]1Oc2cc(C)oc(=O)c2[C@H]1c1ccc(OCc2ccccc2Cl)c(OC)c1. The van der Waals surface area contributed by atoms with Gasteiger partial charge in [0.2, 0.25) is 6.10 Å². The van der Waals surface area contributed by atoms with E-state index >= 15 is 0 Å². The van der Waals surface area contributed by atoms with Gasteiger partial charge in [0.15, 0.2) is 11.5 Å². The lowest BCUT2D eigenvalue weighted by Crippen LogP contribution is -2.31. The maximum absolute atomic E-state index is 12.6. The molecule has 0 saturated heterocycles. The molecule has 0 amide bonds. The molecule has 32 heavy (non-hydrogen) atoms. The lowest BCUT2D eigenvalue weighted by molar-refractivity contribution is -0.148. The molecule has 0 saturated carbocycles. The van der Waals surface area contributed by atoms with E-state index in [0.717, 1.165) is 5.56 Å². The zero-order valence-electron chi connectivity index (χ0n) is 17.7. The van der Waals surface area contributed by atoms with Crippen molar-refractivity contribution in [2.45, 2.75) is 25.6 Å². The van der Waals surface area contributed by atoms with E-state index in [4.69, 9.17) is 35.0 Å². The third kappa shape index (κ3) is 4.03. The molecule has 1 aromatic heterocycles. The van der Waals surface area contributed by atoms with Crippen LogP contribution in [-0.2, 0) is 16.1 Å². The first kappa shape index (κ1) is 21.8. The van der Waals surface area contributed by atoms with Crippen molar-refractivity contribution in [3.8, 4) is 17.2 Å². The number of ether oxygens (including phenoxy) is 4. The number of carbonyl (C=O) groups excluding carboxylic acids is 1. The molecule has 166 valence electrons. The van der Waals surface area contributed by atoms with Crippen molar-refractivity contribution >= 4 is 17.6 Å². The quantitative estimate of drug-likeness (QED) is 0.512. The molecule has 8 heteroatoms. The Bertz CT molecular complexity index is 1220. The van der Waals surface area contributed by atoms with Crippen LogP contribution in [0.2, 0.25) is 5.02 Å². The van der Waals surface area contributed by atoms with Gasteiger partial charge in [0.25, 0.3) is 0 Å². The minimum absolute atomic E-state index is 0.248. The van der Waals surface area contributed by atoms with Crippen molar-refractivity contribution in [3.05, 3.63) is 86.4 Å². The van der Waals surface area contributed by atoms with Gasteiger partial charge in [-0.1, -0.05) is 35.9 Å². The number of fused-ring (bicyclic) bond motifs is 1. The fourth-order valence-corrected chi connectivity index (χ4v) is 3.93. The lowest BCUT2D eigenvalue weighted by Gasteiger charge is -2.19. The Morgan fingerprint density at radius 3 is 2.59 bits per heavy atom. The number of methoxy groups -OCH3 is 2. The molecule has 1 aliphatic rings. The van der Waals surface area contributed by atoms with Crippen molar-refractivity contribution in [1.82, 2.24) is 0 Å². The third-order valence-electron chi connectivity index (χ3n) is 5.26. The molecule has 4 rings (SSSR count). The van der Waals surface area contributed by atoms with Crippen LogP contribution in [0.3, 0.4) is 0 Å². The Hall–Kier alpha value is -3.45. The highest BCUT2D eigenvalue weighted by Gasteiger charge is 2.44. The number of esters is 1. The molecule has 0 spiro atoms. The highest BCUT2D eigenvalue weighted by atomic mass is 35.5. The summed E-state index contributed by atoms with van der Waals surface area (Å²) in [7, 11) is 2.78. The maximum atomic E-state index is 12.6. The van der Waals surface area contributed by atoms with Crippen LogP contribution in [0.15, 0.2) is 57.7 Å². The molecule has 0 fully saturated rings. The Kier molecular flexibility index (Phi) is 6.10. The summed E-state index contributed by atoms with van der Waals surface area (Å²) in [4.78, 5) is 25.0. The molecule has 0 aliphatic carbocycles. The van der Waals surface area contributed by atoms with E-state index in [2.05, 4.69) is 0 Å². The van der Waals surface area contributed by atoms with Crippen LogP contribution >= 0.6 is 11.6 Å². The fourth-order valence-electron chi connectivity index (χ4n) is 3.74. The number of halogens is 1. The molecular formula is C24H21ClO7. The smallest absolute Gasteiger partial charge is 0.348 e. The molecule has 1 aliphatic heterocycles. The molecule has 0 bridgehead atoms. The van der Waals surface area contributed by atoms with Crippen molar-refractivity contribution in [2.24, 2.45) is 0 Å². The molecule has 2 heterocycles. The van der Waals surface area contributed by atoms with Gasteiger partial charge in [0, 0.05) is 16.7 Å². The first-order valence-corrected chi connectivity index (χ1v) is 10.2. The lowest BCUT2D eigenvalue weighted by atomic mass is 9.88. The number of hydrogen-bond donors (Lipinski definition) is 0. The van der Waals surface area contributed by atoms with Gasteiger partial charge in [0.1, 0.15) is 18.1 Å². The second kappa shape index (κ2) is 8.96. The van der Waals surface area contributed by atoms with E-state index in [1.807, 2.05) is 18.2 Å². The topological polar surface area (TPSA) is 84.2 Å². The van der Waals surface area contributed by atoms with Gasteiger partial charge in [0.05, 0.1) is 25.7 Å². The van der Waals surface area contributed by atoms with Crippen molar-refractivity contribution < 1.29 is 28.2 Å². The van der Waals surface area contributed by atoms with Crippen LogP contribution in [-0.4, -0.2) is 26.3 Å². The maximum Gasteiger partial charge on any atom is 0.348 e. The molecule has 7 nitrogen and oxygen atoms in total. The van der Waals surface area contributed by atoms with Gasteiger partial charge in [-0.3, -0.25) is 0 Å². The molecule has 3 aromatic rings. The molecule has 0 unspecified atom stereocenters. The van der Waals surface area contributed by atoms with E-state index in [-0.39, 0.29) is 12.2 Å². The van der Waals surface area contributed by atoms with Crippen LogP contribution in [0.4, 0.5) is 0 Å². The van der Waals surface area contributed by atoms with Crippen LogP contribution in [0.25, 0.3) is 0 Å². The molecule has 2 atom stereocenters. The fraction of sp³-hybridized carbons (Fsp3) is 0.250. The van der Waals surface area contributed by atoms with Gasteiger partial charge < -0.3 is 23.4 Å². The van der Waals surface area contributed by atoms with Crippen LogP contribution in [0, 0.1) is 6.92 Å². The molecule has 0 radical (unpaired) electrons. The Balaban J connectivity index is 1.70. The molecule has 2 aromatic carbocycles. The Morgan fingerprint density at radius 2 is 1.88 bits per heavy atom. The van der Waals surface area contributed by atoms with Crippen molar-refractivity contribution in [2.75, 3.05) is 14.2 Å². The predicted molar refractivity (Wildman–Crippen MR) is 117 cm³/mol. The zero-order chi connectivity index (χ0) is 22.8. The van der Waals surface area contributed by atoms with Crippen LogP contribution < -0.4 is 19.8 Å². The van der Waals surface area contributed by atoms with Crippen LogP contribution in [0.1, 0.15) is 28.4 Å². The summed E-state index contributed by atoms with van der Waals surface area (Å²) in [5, 5.41) is 0.603. The van der Waals surface area contributed by atoms with Gasteiger partial charge >= 0.3 is 11.6 Å². The van der Waals surface area contributed by atoms with Gasteiger partial charge in [-0.2, -0.15) is 0 Å². The largest absolute Gasteiger partial charge is 0.493 e. The third-order valence-corrected chi connectivity index (χ3v) is 5.63. The highest BCUT2D eigenvalue weighted by molar-refractivity contribution is 6.31. The molecule has 0 N–H and O–H groups in total. The number of hydrogen-bond acceptors (Lipinski definition) is 7. The minimum atomic E-state index is -1.03. The van der Waals surface area contributed by atoms with Gasteiger partial charge in [-0.25, -0.2) is 9.59 Å². The number of carbonyl (C=O) groups is 1. The Labute approximate surface area is 189 Å². The first-order valence-electron chi connectivity index (χ1n) is 9.86. The second-order valence-corrected chi connectivity index (χ2v) is 7.66. The first-order chi connectivity index (χ1) is 15.4. The summed E-state index contributed by atoms with van der Waals surface area (Å²) in [5.74, 6) is 0.294. The highest BCUT2D eigenvalue weighted by Crippen LogP contribution is 2.43. The summed E-state index contributed by atoms with van der Waals surface area (Å²) in [5.41, 5.74) is 1.15. The standard InChI is InChI=1S/C24H21ClO7/c1-13-10-19-21(23(26)31-13)20(22(32-19)24(27)29-3)14-8-9-17(18(11-14)28-2)30-12-15-6-4-5-7-16(15)25/h4-11,20,22H,12H2,1-3H3/t20-,22+/m1/s1. The number of rotatable bonds is 6. The van der Waals surface area contributed by atoms with E-state index in [1.165, 1.54) is 14.2 Å².